The fourth-order valence-corrected chi connectivity index (χ4v) is 11.9. The third kappa shape index (κ3) is 3.48. The smallest absolute Gasteiger partial charge is 0.226 e. The molecule has 5 nitrogen and oxygen atoms in total. The number of rotatable bonds is 5. The number of allylic oxidation sites excluding steroid dienone is 1. The molecular weight excluding hydrogens is 460 g/mol. The number of fused-ring (bicyclic) bond motifs is 7. The van der Waals surface area contributed by atoms with Crippen LogP contribution in [0.3, 0.4) is 0 Å². The maximum atomic E-state index is 13.8. The molecule has 210 valence electrons. The average Bonchev–Trinajstić information content (AvgIpc) is 3.27. The van der Waals surface area contributed by atoms with Crippen LogP contribution < -0.4 is 11.1 Å². The monoisotopic (exact) mass is 514 g/mol. The summed E-state index contributed by atoms with van der Waals surface area (Å²) in [6, 6.07) is 0. The average molecular weight is 515 g/mol. The van der Waals surface area contributed by atoms with Crippen molar-refractivity contribution in [3.05, 3.63) is 12.2 Å². The van der Waals surface area contributed by atoms with E-state index in [1.165, 1.54) is 18.4 Å². The van der Waals surface area contributed by atoms with E-state index in [4.69, 9.17) is 5.73 Å². The van der Waals surface area contributed by atoms with Gasteiger partial charge in [0.15, 0.2) is 0 Å². The maximum absolute atomic E-state index is 13.8. The second kappa shape index (κ2) is 9.06. The van der Waals surface area contributed by atoms with Gasteiger partial charge in [0, 0.05) is 18.5 Å². The second-order valence-corrected chi connectivity index (χ2v) is 15.1. The van der Waals surface area contributed by atoms with Gasteiger partial charge in [0.25, 0.3) is 0 Å². The van der Waals surface area contributed by atoms with Crippen LogP contribution in [-0.4, -0.2) is 41.9 Å². The minimum absolute atomic E-state index is 0.0700. The molecule has 5 heteroatoms. The lowest BCUT2D eigenvalue weighted by molar-refractivity contribution is -0.252. The van der Waals surface area contributed by atoms with Gasteiger partial charge < -0.3 is 21.3 Å². The number of nitrogens with two attached hydrogens (primary N) is 1. The highest BCUT2D eigenvalue weighted by Gasteiger charge is 2.72. The molecule has 0 spiro atoms. The van der Waals surface area contributed by atoms with Crippen molar-refractivity contribution in [3.8, 4) is 0 Å². The minimum Gasteiger partial charge on any atom is -0.396 e. The molecule has 5 fully saturated rings. The first kappa shape index (κ1) is 27.6. The molecule has 0 aromatic heterocycles. The molecule has 0 aromatic rings. The van der Waals surface area contributed by atoms with Crippen molar-refractivity contribution in [1.82, 2.24) is 5.32 Å². The zero-order chi connectivity index (χ0) is 27.0. The number of aliphatic hydroxyl groups excluding tert-OH is 2. The molecule has 0 radical (unpaired) electrons. The third-order valence-corrected chi connectivity index (χ3v) is 14.1. The molecule has 0 heterocycles. The first-order valence-corrected chi connectivity index (χ1v) is 15.3. The van der Waals surface area contributed by atoms with E-state index in [2.05, 4.69) is 46.5 Å². The van der Waals surface area contributed by atoms with E-state index in [-0.39, 0.29) is 34.2 Å². The molecule has 5 rings (SSSR count). The molecule has 5 N–H and O–H groups in total. The summed E-state index contributed by atoms with van der Waals surface area (Å²) in [5.74, 6) is 2.49. The van der Waals surface area contributed by atoms with Crippen molar-refractivity contribution < 1.29 is 15.0 Å². The molecule has 0 aliphatic heterocycles. The van der Waals surface area contributed by atoms with Gasteiger partial charge in [-0.15, -0.1) is 0 Å². The van der Waals surface area contributed by atoms with Crippen molar-refractivity contribution in [2.45, 2.75) is 105 Å². The molecule has 0 saturated heterocycles. The summed E-state index contributed by atoms with van der Waals surface area (Å²) in [6.45, 7) is 17.6. The number of amides is 1. The van der Waals surface area contributed by atoms with Gasteiger partial charge in [-0.1, -0.05) is 39.8 Å². The van der Waals surface area contributed by atoms with Crippen LogP contribution in [0.25, 0.3) is 0 Å². The van der Waals surface area contributed by atoms with Gasteiger partial charge in [0.1, 0.15) is 0 Å². The fraction of sp³-hybridized carbons (Fsp3) is 0.906. The number of nitrogens with one attached hydrogen (secondary N) is 1. The Balaban J connectivity index is 1.54. The lowest BCUT2D eigenvalue weighted by Gasteiger charge is -2.73. The van der Waals surface area contributed by atoms with Gasteiger partial charge in [-0.2, -0.15) is 0 Å². The van der Waals surface area contributed by atoms with Gasteiger partial charge in [-0.05, 0) is 117 Å². The van der Waals surface area contributed by atoms with Crippen LogP contribution in [-0.2, 0) is 4.79 Å². The summed E-state index contributed by atoms with van der Waals surface area (Å²) in [7, 11) is 0. The van der Waals surface area contributed by atoms with E-state index in [1.54, 1.807) is 0 Å². The predicted octanol–water partition coefficient (Wildman–Crippen LogP) is 5.05. The molecule has 0 unspecified atom stereocenters. The van der Waals surface area contributed by atoms with Crippen molar-refractivity contribution >= 4 is 5.91 Å². The van der Waals surface area contributed by atoms with Gasteiger partial charge in [-0.3, -0.25) is 4.79 Å². The summed E-state index contributed by atoms with van der Waals surface area (Å²) < 4.78 is 0. The van der Waals surface area contributed by atoms with Gasteiger partial charge in [0.05, 0.1) is 18.1 Å². The normalized spacial score (nSPS) is 52.9. The quantitative estimate of drug-likeness (QED) is 0.386. The van der Waals surface area contributed by atoms with Crippen LogP contribution in [0.1, 0.15) is 98.8 Å². The third-order valence-electron chi connectivity index (χ3n) is 14.1. The predicted molar refractivity (Wildman–Crippen MR) is 148 cm³/mol. The second-order valence-electron chi connectivity index (χ2n) is 15.1. The zero-order valence-corrected chi connectivity index (χ0v) is 24.2. The summed E-state index contributed by atoms with van der Waals surface area (Å²) in [5.41, 5.74) is 6.85. The SMILES string of the molecule is C=C(C)[C@@H]1CC[C@]2(C(=O)NCCN)CC[C@]3(C)[C@H](CC[C@@H]4[C@@]5(C)CC[C@H](O)[C@@](C)(CO)[C@@H]5CC[C@]43C)[C@@H]12. The molecular formula is C32H54N2O3. The lowest BCUT2D eigenvalue weighted by atomic mass is 9.32. The zero-order valence-electron chi connectivity index (χ0n) is 24.2. The maximum Gasteiger partial charge on any atom is 0.226 e. The Kier molecular flexibility index (Phi) is 6.77. The largest absolute Gasteiger partial charge is 0.396 e. The molecule has 37 heavy (non-hydrogen) atoms. The van der Waals surface area contributed by atoms with Crippen LogP contribution in [0.5, 0.6) is 0 Å². The summed E-state index contributed by atoms with van der Waals surface area (Å²) in [6.07, 6.45) is 10.2. The van der Waals surface area contributed by atoms with Crippen molar-refractivity contribution in [3.63, 3.8) is 0 Å². The van der Waals surface area contributed by atoms with E-state index in [1.807, 2.05) is 0 Å². The topological polar surface area (TPSA) is 95.6 Å². The highest BCUT2D eigenvalue weighted by molar-refractivity contribution is 5.84. The number of carbonyl (C=O) groups excluding carboxylic acids is 1. The van der Waals surface area contributed by atoms with Crippen molar-refractivity contribution in [2.24, 2.45) is 62.4 Å². The molecule has 11 atom stereocenters. The highest BCUT2D eigenvalue weighted by atomic mass is 16.3. The Labute approximate surface area is 225 Å². The molecule has 5 aliphatic rings. The van der Waals surface area contributed by atoms with Crippen LogP contribution in [0.4, 0.5) is 0 Å². The molecule has 0 bridgehead atoms. The minimum atomic E-state index is -0.413. The van der Waals surface area contributed by atoms with E-state index >= 15 is 0 Å². The summed E-state index contributed by atoms with van der Waals surface area (Å²) in [4.78, 5) is 13.8. The number of hydrogen-bond donors (Lipinski definition) is 4. The molecule has 0 aromatic carbocycles. The number of carbonyl (C=O) groups is 1. The van der Waals surface area contributed by atoms with Crippen molar-refractivity contribution in [1.29, 1.82) is 0 Å². The van der Waals surface area contributed by atoms with Gasteiger partial charge >= 0.3 is 0 Å². The molecule has 1 amide bonds. The summed E-state index contributed by atoms with van der Waals surface area (Å²) >= 11 is 0. The standard InChI is InChI=1S/C32H54N2O3/c1-20(2)21-9-14-32(27(37)34-18-17-33)16-15-30(5)22(26(21)32)7-8-24-28(3)12-11-25(36)29(4,19-35)23(28)10-13-31(24,30)6/h21-26,35-36H,1,7-19,33H2,2-6H3,(H,34,37)/t21-,22+,23+,24+,25-,26+,28-,29-,30+,31+,32-/m0/s1. The van der Waals surface area contributed by atoms with Crippen LogP contribution in [0, 0.1) is 56.7 Å². The first-order chi connectivity index (χ1) is 17.4. The highest BCUT2D eigenvalue weighted by Crippen LogP contribution is 2.77. The van der Waals surface area contributed by atoms with E-state index in [0.717, 1.165) is 51.4 Å². The first-order valence-electron chi connectivity index (χ1n) is 15.3. The fourth-order valence-electron chi connectivity index (χ4n) is 11.9. The van der Waals surface area contributed by atoms with Crippen LogP contribution in [0.15, 0.2) is 12.2 Å². The van der Waals surface area contributed by atoms with Crippen LogP contribution in [0.2, 0.25) is 0 Å². The van der Waals surface area contributed by atoms with E-state index in [9.17, 15) is 15.0 Å². The Bertz CT molecular complexity index is 937. The molecule has 5 saturated carbocycles. The summed E-state index contributed by atoms with van der Waals surface area (Å²) in [5, 5.41) is 24.7. The number of aliphatic hydroxyl groups is 2. The number of hydrogen-bond acceptors (Lipinski definition) is 4. The Morgan fingerprint density at radius 2 is 1.68 bits per heavy atom. The van der Waals surface area contributed by atoms with Crippen molar-refractivity contribution in [2.75, 3.05) is 19.7 Å². The van der Waals surface area contributed by atoms with Crippen LogP contribution >= 0.6 is 0 Å². The van der Waals surface area contributed by atoms with E-state index < -0.39 is 11.5 Å². The Morgan fingerprint density at radius 1 is 0.946 bits per heavy atom. The molecule has 5 aliphatic carbocycles. The lowest BCUT2D eigenvalue weighted by Crippen LogP contribution is -2.68. The van der Waals surface area contributed by atoms with E-state index in [0.29, 0.717) is 42.7 Å². The Morgan fingerprint density at radius 3 is 2.32 bits per heavy atom. The van der Waals surface area contributed by atoms with Gasteiger partial charge in [-0.25, -0.2) is 0 Å². The Hall–Kier alpha value is -0.910. The van der Waals surface area contributed by atoms with Gasteiger partial charge in [0.2, 0.25) is 5.91 Å².